The van der Waals surface area contributed by atoms with E-state index in [1.807, 2.05) is 0 Å². The molecule has 0 aromatic heterocycles. The predicted molar refractivity (Wildman–Crippen MR) is 75.2 cm³/mol. The lowest BCUT2D eigenvalue weighted by Crippen LogP contribution is -2.56. The first-order valence-electron chi connectivity index (χ1n) is 6.87. The highest BCUT2D eigenvalue weighted by Gasteiger charge is 2.32. The molecule has 0 amide bonds. The van der Waals surface area contributed by atoms with Gasteiger partial charge in [0.15, 0.2) is 0 Å². The molecule has 2 unspecified atom stereocenters. The van der Waals surface area contributed by atoms with Crippen molar-refractivity contribution in [3.8, 4) is 0 Å². The highest BCUT2D eigenvalue weighted by molar-refractivity contribution is 4.89. The summed E-state index contributed by atoms with van der Waals surface area (Å²) >= 11 is 0. The maximum atomic E-state index is 6.02. The van der Waals surface area contributed by atoms with E-state index in [9.17, 15) is 0 Å². The van der Waals surface area contributed by atoms with Crippen molar-refractivity contribution in [1.29, 1.82) is 0 Å². The summed E-state index contributed by atoms with van der Waals surface area (Å²) in [5.74, 6) is 0.734. The Morgan fingerprint density at radius 2 is 1.88 bits per heavy atom. The first-order chi connectivity index (χ1) is 7.91. The maximum Gasteiger partial charge on any atom is 0.0615 e. The van der Waals surface area contributed by atoms with E-state index >= 15 is 0 Å². The predicted octanol–water partition coefficient (Wildman–Crippen LogP) is 2.50. The van der Waals surface area contributed by atoms with E-state index in [1.165, 1.54) is 6.42 Å². The van der Waals surface area contributed by atoms with Crippen LogP contribution >= 0.6 is 0 Å². The van der Waals surface area contributed by atoms with Crippen molar-refractivity contribution in [3.05, 3.63) is 0 Å². The molecule has 104 valence electrons. The van der Waals surface area contributed by atoms with Crippen molar-refractivity contribution >= 4 is 0 Å². The molecule has 0 bridgehead atoms. The smallest absolute Gasteiger partial charge is 0.0615 e. The lowest BCUT2D eigenvalue weighted by Gasteiger charge is -2.44. The fourth-order valence-corrected chi connectivity index (χ4v) is 2.52. The first-order valence-corrected chi connectivity index (χ1v) is 6.87. The molecule has 2 atom stereocenters. The summed E-state index contributed by atoms with van der Waals surface area (Å²) in [6.07, 6.45) is 2.38. The van der Waals surface area contributed by atoms with Gasteiger partial charge in [0.05, 0.1) is 6.61 Å². The summed E-state index contributed by atoms with van der Waals surface area (Å²) in [5, 5.41) is 0. The molecule has 0 fully saturated rings. The molecule has 0 aromatic carbocycles. The third kappa shape index (κ3) is 5.36. The molecule has 0 heterocycles. The largest absolute Gasteiger partial charge is 0.383 e. The summed E-state index contributed by atoms with van der Waals surface area (Å²) in [4.78, 5) is 2.48. The molecule has 0 aliphatic carbocycles. The summed E-state index contributed by atoms with van der Waals surface area (Å²) < 4.78 is 5.27. The number of hydrogen-bond donors (Lipinski definition) is 1. The third-order valence-electron chi connectivity index (χ3n) is 3.67. The van der Waals surface area contributed by atoms with Crippen LogP contribution in [0.5, 0.6) is 0 Å². The number of likely N-dealkylation sites (N-methyl/N-ethyl adjacent to an activating group) is 1. The lowest BCUT2D eigenvalue weighted by molar-refractivity contribution is 0.0223. The summed E-state index contributed by atoms with van der Waals surface area (Å²) in [7, 11) is 1.76. The van der Waals surface area contributed by atoms with Crippen LogP contribution in [0.15, 0.2) is 0 Å². The molecule has 3 nitrogen and oxygen atoms in total. The molecule has 0 aliphatic heterocycles. The molecule has 0 aliphatic rings. The number of ether oxygens (including phenoxy) is 1. The second-order valence-electron chi connectivity index (χ2n) is 5.72. The monoisotopic (exact) mass is 244 g/mol. The highest BCUT2D eigenvalue weighted by Crippen LogP contribution is 2.24. The van der Waals surface area contributed by atoms with Crippen LogP contribution in [-0.4, -0.2) is 43.3 Å². The van der Waals surface area contributed by atoms with E-state index in [4.69, 9.17) is 10.5 Å². The Kier molecular flexibility index (Phi) is 8.01. The van der Waals surface area contributed by atoms with E-state index in [0.29, 0.717) is 12.6 Å². The van der Waals surface area contributed by atoms with Gasteiger partial charge in [-0.2, -0.15) is 0 Å². The minimum Gasteiger partial charge on any atom is -0.383 e. The average molecular weight is 244 g/mol. The van der Waals surface area contributed by atoms with Gasteiger partial charge >= 0.3 is 0 Å². The van der Waals surface area contributed by atoms with Crippen LogP contribution in [0.4, 0.5) is 0 Å². The summed E-state index contributed by atoms with van der Waals surface area (Å²) in [6, 6.07) is 0.422. The molecule has 0 spiro atoms. The Labute approximate surface area is 108 Å². The van der Waals surface area contributed by atoms with Gasteiger partial charge in [0, 0.05) is 25.2 Å². The molecule has 17 heavy (non-hydrogen) atoms. The van der Waals surface area contributed by atoms with Gasteiger partial charge in [0.25, 0.3) is 0 Å². The van der Waals surface area contributed by atoms with E-state index in [-0.39, 0.29) is 5.54 Å². The van der Waals surface area contributed by atoms with E-state index in [1.54, 1.807) is 7.11 Å². The molecule has 0 saturated carbocycles. The normalized spacial score (nSPS) is 17.5. The number of nitrogens with two attached hydrogens (primary N) is 1. The van der Waals surface area contributed by atoms with E-state index < -0.39 is 0 Å². The van der Waals surface area contributed by atoms with Crippen LogP contribution in [0.1, 0.15) is 47.5 Å². The second-order valence-corrected chi connectivity index (χ2v) is 5.72. The fraction of sp³-hybridized carbons (Fsp3) is 1.00. The van der Waals surface area contributed by atoms with E-state index in [0.717, 1.165) is 25.5 Å². The van der Waals surface area contributed by atoms with Gasteiger partial charge in [-0.1, -0.05) is 20.8 Å². The van der Waals surface area contributed by atoms with Gasteiger partial charge < -0.3 is 10.5 Å². The molecule has 0 radical (unpaired) electrons. The van der Waals surface area contributed by atoms with Crippen molar-refractivity contribution in [1.82, 2.24) is 4.90 Å². The number of nitrogens with zero attached hydrogens (tertiary/aromatic N) is 1. The van der Waals surface area contributed by atoms with Crippen LogP contribution in [-0.2, 0) is 4.74 Å². The number of rotatable bonds is 9. The average Bonchev–Trinajstić information content (AvgIpc) is 2.27. The van der Waals surface area contributed by atoms with Crippen LogP contribution in [0.25, 0.3) is 0 Å². The zero-order valence-corrected chi connectivity index (χ0v) is 12.6. The Balaban J connectivity index is 4.64. The van der Waals surface area contributed by atoms with Crippen LogP contribution < -0.4 is 5.73 Å². The van der Waals surface area contributed by atoms with Crippen LogP contribution in [0.3, 0.4) is 0 Å². The minimum absolute atomic E-state index is 0.0942. The van der Waals surface area contributed by atoms with Gasteiger partial charge in [-0.3, -0.25) is 4.90 Å². The molecular formula is C14H32N2O. The third-order valence-corrected chi connectivity index (χ3v) is 3.67. The lowest BCUT2D eigenvalue weighted by atomic mass is 9.89. The van der Waals surface area contributed by atoms with Crippen molar-refractivity contribution in [2.75, 3.05) is 26.8 Å². The zero-order chi connectivity index (χ0) is 13.5. The van der Waals surface area contributed by atoms with Gasteiger partial charge in [0.2, 0.25) is 0 Å². The van der Waals surface area contributed by atoms with E-state index in [2.05, 4.69) is 39.5 Å². The first kappa shape index (κ1) is 16.9. The molecule has 0 aromatic rings. The molecule has 2 N–H and O–H groups in total. The van der Waals surface area contributed by atoms with Crippen molar-refractivity contribution in [2.45, 2.75) is 59.0 Å². The van der Waals surface area contributed by atoms with Gasteiger partial charge in [-0.15, -0.1) is 0 Å². The Hall–Kier alpha value is -0.120. The number of hydrogen-bond acceptors (Lipinski definition) is 3. The standard InChI is InChI=1S/C14H32N2O/c1-7-16(13(4)10-17-6)14(5,11-15)9-8-12(2)3/h12-13H,7-11,15H2,1-6H3. The summed E-state index contributed by atoms with van der Waals surface area (Å²) in [6.45, 7) is 13.7. The SMILES string of the molecule is CCN(C(C)COC)C(C)(CN)CCC(C)C. The minimum atomic E-state index is 0.0942. The van der Waals surface area contributed by atoms with Crippen LogP contribution in [0, 0.1) is 5.92 Å². The molecule has 0 saturated heterocycles. The number of methoxy groups -OCH3 is 1. The Bertz CT molecular complexity index is 197. The van der Waals surface area contributed by atoms with Crippen molar-refractivity contribution in [2.24, 2.45) is 11.7 Å². The van der Waals surface area contributed by atoms with Gasteiger partial charge in [-0.05, 0) is 39.2 Å². The zero-order valence-electron chi connectivity index (χ0n) is 12.6. The molecule has 3 heteroatoms. The van der Waals surface area contributed by atoms with Gasteiger partial charge in [0.1, 0.15) is 0 Å². The molecular weight excluding hydrogens is 212 g/mol. The second kappa shape index (κ2) is 8.06. The van der Waals surface area contributed by atoms with Crippen molar-refractivity contribution < 1.29 is 4.74 Å². The Morgan fingerprint density at radius 3 is 2.24 bits per heavy atom. The highest BCUT2D eigenvalue weighted by atomic mass is 16.5. The summed E-state index contributed by atoms with van der Waals surface area (Å²) in [5.41, 5.74) is 6.12. The topological polar surface area (TPSA) is 38.5 Å². The maximum absolute atomic E-state index is 6.02. The van der Waals surface area contributed by atoms with Gasteiger partial charge in [-0.25, -0.2) is 0 Å². The Morgan fingerprint density at radius 1 is 1.29 bits per heavy atom. The molecule has 0 rings (SSSR count). The van der Waals surface area contributed by atoms with Crippen molar-refractivity contribution in [3.63, 3.8) is 0 Å². The van der Waals surface area contributed by atoms with Crippen LogP contribution in [0.2, 0.25) is 0 Å². The fourth-order valence-electron chi connectivity index (χ4n) is 2.52. The quantitative estimate of drug-likeness (QED) is 0.677.